The van der Waals surface area contributed by atoms with Crippen LogP contribution in [-0.2, 0) is 13.0 Å². The number of aryl methyl sites for hydroxylation is 1. The molecule has 3 heterocycles. The molecule has 2 aliphatic rings. The standard InChI is InChI=1S/C27H31N5O4/c1-35-23-16-20-8-10-32-22(21(20)17-24(23)36-2)18-25(29-27(32)34)28-9-11-30-12-14-31(15-13-30)26(33)19-6-4-3-5-7-19/h3-7,16-18H,8-15H2,1-2H3,(H,28,29,34). The van der Waals surface area contributed by atoms with Gasteiger partial charge in [-0.25, -0.2) is 4.79 Å². The van der Waals surface area contributed by atoms with Crippen LogP contribution in [0.2, 0.25) is 0 Å². The van der Waals surface area contributed by atoms with Gasteiger partial charge in [-0.3, -0.25) is 14.3 Å². The number of ether oxygens (including phenoxy) is 2. The number of rotatable bonds is 7. The van der Waals surface area contributed by atoms with E-state index < -0.39 is 0 Å². The maximum absolute atomic E-state index is 12.8. The molecule has 1 aromatic heterocycles. The number of nitrogens with zero attached hydrogens (tertiary/aromatic N) is 4. The summed E-state index contributed by atoms with van der Waals surface area (Å²) < 4.78 is 12.6. The Bertz CT molecular complexity index is 1300. The van der Waals surface area contributed by atoms with E-state index >= 15 is 0 Å². The van der Waals surface area contributed by atoms with E-state index in [1.807, 2.05) is 53.4 Å². The number of carbonyl (C=O) groups is 1. The Morgan fingerprint density at radius 3 is 2.42 bits per heavy atom. The summed E-state index contributed by atoms with van der Waals surface area (Å²) in [5.74, 6) is 1.96. The van der Waals surface area contributed by atoms with Gasteiger partial charge in [0.15, 0.2) is 11.5 Å². The van der Waals surface area contributed by atoms with Crippen molar-refractivity contribution in [3.05, 3.63) is 70.1 Å². The van der Waals surface area contributed by atoms with Crippen molar-refractivity contribution in [3.63, 3.8) is 0 Å². The van der Waals surface area contributed by atoms with Gasteiger partial charge in [-0.05, 0) is 36.2 Å². The van der Waals surface area contributed by atoms with Crippen molar-refractivity contribution in [2.75, 3.05) is 58.8 Å². The van der Waals surface area contributed by atoms with Crippen molar-refractivity contribution in [2.45, 2.75) is 13.0 Å². The highest BCUT2D eigenvalue weighted by Crippen LogP contribution is 2.38. The van der Waals surface area contributed by atoms with Crippen molar-refractivity contribution in [2.24, 2.45) is 0 Å². The predicted octanol–water partition coefficient (Wildman–Crippen LogP) is 2.35. The van der Waals surface area contributed by atoms with E-state index in [9.17, 15) is 9.59 Å². The lowest BCUT2D eigenvalue weighted by atomic mass is 9.97. The van der Waals surface area contributed by atoms with Gasteiger partial charge in [-0.1, -0.05) is 18.2 Å². The molecule has 2 aliphatic heterocycles. The number of aromatic nitrogens is 2. The van der Waals surface area contributed by atoms with Crippen molar-refractivity contribution >= 4 is 11.7 Å². The molecule has 1 amide bonds. The molecule has 1 N–H and O–H groups in total. The summed E-state index contributed by atoms with van der Waals surface area (Å²) in [6, 6.07) is 15.3. The second-order valence-corrected chi connectivity index (χ2v) is 9.00. The lowest BCUT2D eigenvalue weighted by Gasteiger charge is -2.34. The maximum Gasteiger partial charge on any atom is 0.349 e. The van der Waals surface area contributed by atoms with Crippen LogP contribution in [0.5, 0.6) is 11.5 Å². The van der Waals surface area contributed by atoms with Crippen molar-refractivity contribution < 1.29 is 14.3 Å². The number of hydrogen-bond donors (Lipinski definition) is 1. The number of benzene rings is 2. The highest BCUT2D eigenvalue weighted by atomic mass is 16.5. The monoisotopic (exact) mass is 489 g/mol. The molecular formula is C27H31N5O4. The molecule has 1 fully saturated rings. The van der Waals surface area contributed by atoms with E-state index in [0.29, 0.717) is 43.5 Å². The zero-order valence-corrected chi connectivity index (χ0v) is 20.7. The van der Waals surface area contributed by atoms with Crippen LogP contribution >= 0.6 is 0 Å². The number of hydrogen-bond acceptors (Lipinski definition) is 7. The van der Waals surface area contributed by atoms with Crippen LogP contribution in [-0.4, -0.2) is 78.7 Å². The third-order valence-electron chi connectivity index (χ3n) is 6.92. The summed E-state index contributed by atoms with van der Waals surface area (Å²) in [6.07, 6.45) is 0.732. The lowest BCUT2D eigenvalue weighted by Crippen LogP contribution is -2.49. The molecule has 0 bridgehead atoms. The van der Waals surface area contributed by atoms with Gasteiger partial charge in [0.25, 0.3) is 5.91 Å². The van der Waals surface area contributed by atoms with Gasteiger partial charge in [0, 0.05) is 63.0 Å². The first-order chi connectivity index (χ1) is 17.6. The van der Waals surface area contributed by atoms with Crippen LogP contribution in [0.15, 0.2) is 53.3 Å². The largest absolute Gasteiger partial charge is 0.493 e. The topological polar surface area (TPSA) is 88.9 Å². The first-order valence-corrected chi connectivity index (χ1v) is 12.2. The Labute approximate surface area is 210 Å². The first-order valence-electron chi connectivity index (χ1n) is 12.2. The minimum Gasteiger partial charge on any atom is -0.493 e. The van der Waals surface area contributed by atoms with Crippen LogP contribution in [0.3, 0.4) is 0 Å². The Hall–Kier alpha value is -3.85. The number of methoxy groups -OCH3 is 2. The van der Waals surface area contributed by atoms with Gasteiger partial charge in [0.05, 0.1) is 19.9 Å². The summed E-state index contributed by atoms with van der Waals surface area (Å²) in [6.45, 7) is 5.07. The SMILES string of the molecule is COc1cc2c(cc1OC)-c1cc(NCCN3CCN(C(=O)c4ccccc4)CC3)nc(=O)n1CC2. The smallest absolute Gasteiger partial charge is 0.349 e. The number of anilines is 1. The third kappa shape index (κ3) is 4.79. The molecule has 3 aromatic rings. The quantitative estimate of drug-likeness (QED) is 0.545. The van der Waals surface area contributed by atoms with Crippen molar-refractivity contribution in [1.82, 2.24) is 19.4 Å². The minimum atomic E-state index is -0.261. The second kappa shape index (κ2) is 10.4. The Balaban J connectivity index is 1.21. The molecule has 0 radical (unpaired) electrons. The molecule has 1 saturated heterocycles. The molecule has 0 aliphatic carbocycles. The van der Waals surface area contributed by atoms with Crippen LogP contribution in [0.4, 0.5) is 5.82 Å². The zero-order valence-electron chi connectivity index (χ0n) is 20.7. The van der Waals surface area contributed by atoms with E-state index in [1.165, 1.54) is 0 Å². The number of amides is 1. The normalized spacial score (nSPS) is 15.1. The van der Waals surface area contributed by atoms with E-state index in [-0.39, 0.29) is 11.6 Å². The Morgan fingerprint density at radius 2 is 1.69 bits per heavy atom. The van der Waals surface area contributed by atoms with Gasteiger partial charge in [0.2, 0.25) is 0 Å². The van der Waals surface area contributed by atoms with Gasteiger partial charge in [0.1, 0.15) is 5.82 Å². The third-order valence-corrected chi connectivity index (χ3v) is 6.92. The summed E-state index contributed by atoms with van der Waals surface area (Å²) in [4.78, 5) is 33.9. The molecule has 0 spiro atoms. The van der Waals surface area contributed by atoms with Crippen LogP contribution in [0.25, 0.3) is 11.3 Å². The summed E-state index contributed by atoms with van der Waals surface area (Å²) in [5.41, 5.74) is 3.37. The van der Waals surface area contributed by atoms with E-state index in [0.717, 1.165) is 48.4 Å². The molecule has 188 valence electrons. The molecule has 9 heteroatoms. The molecule has 5 rings (SSSR count). The van der Waals surface area contributed by atoms with Gasteiger partial charge >= 0.3 is 5.69 Å². The van der Waals surface area contributed by atoms with E-state index in [1.54, 1.807) is 18.8 Å². The average molecular weight is 490 g/mol. The Kier molecular flexibility index (Phi) is 6.90. The fraction of sp³-hybridized carbons (Fsp3) is 0.370. The highest BCUT2D eigenvalue weighted by Gasteiger charge is 2.23. The number of fused-ring (bicyclic) bond motifs is 3. The van der Waals surface area contributed by atoms with E-state index in [2.05, 4.69) is 15.2 Å². The minimum absolute atomic E-state index is 0.0849. The molecule has 0 saturated carbocycles. The molecule has 0 unspecified atom stereocenters. The summed E-state index contributed by atoms with van der Waals surface area (Å²) in [5, 5.41) is 3.32. The predicted molar refractivity (Wildman–Crippen MR) is 138 cm³/mol. The fourth-order valence-electron chi connectivity index (χ4n) is 4.91. The maximum atomic E-state index is 12.8. The molecule has 0 atom stereocenters. The fourth-order valence-corrected chi connectivity index (χ4v) is 4.91. The van der Waals surface area contributed by atoms with Gasteiger partial charge in [-0.15, -0.1) is 0 Å². The molecular weight excluding hydrogens is 458 g/mol. The van der Waals surface area contributed by atoms with Crippen molar-refractivity contribution in [3.8, 4) is 22.8 Å². The second-order valence-electron chi connectivity index (χ2n) is 9.00. The number of carbonyl (C=O) groups excluding carboxylic acids is 1. The zero-order chi connectivity index (χ0) is 25.1. The molecule has 9 nitrogen and oxygen atoms in total. The van der Waals surface area contributed by atoms with E-state index in [4.69, 9.17) is 9.47 Å². The Morgan fingerprint density at radius 1 is 0.972 bits per heavy atom. The summed E-state index contributed by atoms with van der Waals surface area (Å²) >= 11 is 0. The number of piperazine rings is 1. The van der Waals surface area contributed by atoms with Crippen LogP contribution in [0.1, 0.15) is 15.9 Å². The first kappa shape index (κ1) is 23.9. The summed E-state index contributed by atoms with van der Waals surface area (Å²) in [7, 11) is 3.23. The van der Waals surface area contributed by atoms with Crippen molar-refractivity contribution in [1.29, 1.82) is 0 Å². The number of nitrogens with one attached hydrogen (secondary N) is 1. The van der Waals surface area contributed by atoms with Crippen LogP contribution < -0.4 is 20.5 Å². The van der Waals surface area contributed by atoms with Gasteiger partial charge < -0.3 is 19.7 Å². The molecule has 36 heavy (non-hydrogen) atoms. The lowest BCUT2D eigenvalue weighted by molar-refractivity contribution is 0.0642. The molecule has 2 aromatic carbocycles. The highest BCUT2D eigenvalue weighted by molar-refractivity contribution is 5.94. The van der Waals surface area contributed by atoms with Crippen LogP contribution in [0, 0.1) is 0 Å². The van der Waals surface area contributed by atoms with Gasteiger partial charge in [-0.2, -0.15) is 4.98 Å². The average Bonchev–Trinajstić information content (AvgIpc) is 2.92.